The van der Waals surface area contributed by atoms with Crippen LogP contribution in [0.5, 0.6) is 0 Å². The molecule has 0 unspecified atom stereocenters. The third-order valence-electron chi connectivity index (χ3n) is 4.64. The van der Waals surface area contributed by atoms with Crippen LogP contribution in [0.15, 0.2) is 24.4 Å². The lowest BCUT2D eigenvalue weighted by Gasteiger charge is -2.54. The zero-order valence-electron chi connectivity index (χ0n) is 10.2. The Morgan fingerprint density at radius 2 is 1.88 bits per heavy atom. The summed E-state index contributed by atoms with van der Waals surface area (Å²) in [5.74, 6) is 0. The van der Waals surface area contributed by atoms with Gasteiger partial charge in [0.15, 0.2) is 0 Å². The van der Waals surface area contributed by atoms with E-state index in [0.717, 1.165) is 18.5 Å². The van der Waals surface area contributed by atoms with E-state index in [1.807, 2.05) is 18.2 Å². The molecule has 0 atom stereocenters. The average molecular weight is 226 g/mol. The fourth-order valence-corrected chi connectivity index (χ4v) is 3.85. The van der Waals surface area contributed by atoms with Crippen LogP contribution in [-0.2, 0) is 5.41 Å². The number of rotatable bonds is 1. The van der Waals surface area contributed by atoms with Gasteiger partial charge in [-0.15, -0.1) is 0 Å². The number of hydrogen-bond acceptors (Lipinski definition) is 2. The monoisotopic (exact) mass is 226 g/mol. The molecular formula is C15H18N2. The molecule has 2 nitrogen and oxygen atoms in total. The topological polar surface area (TPSA) is 36.7 Å². The summed E-state index contributed by atoms with van der Waals surface area (Å²) in [7, 11) is 0. The van der Waals surface area contributed by atoms with Crippen LogP contribution in [0, 0.1) is 16.7 Å². The van der Waals surface area contributed by atoms with Gasteiger partial charge in [-0.25, -0.2) is 0 Å². The predicted molar refractivity (Wildman–Crippen MR) is 66.3 cm³/mol. The molecule has 0 N–H and O–H groups in total. The molecule has 88 valence electrons. The Morgan fingerprint density at radius 1 is 1.12 bits per heavy atom. The van der Waals surface area contributed by atoms with Crippen LogP contribution in [0.1, 0.15) is 50.6 Å². The van der Waals surface area contributed by atoms with Crippen molar-refractivity contribution in [1.82, 2.24) is 4.98 Å². The van der Waals surface area contributed by atoms with E-state index >= 15 is 0 Å². The van der Waals surface area contributed by atoms with Crippen molar-refractivity contribution < 1.29 is 0 Å². The fourth-order valence-electron chi connectivity index (χ4n) is 3.85. The quantitative estimate of drug-likeness (QED) is 0.733. The highest BCUT2D eigenvalue weighted by Gasteiger charge is 2.56. The zero-order valence-corrected chi connectivity index (χ0v) is 10.2. The first-order valence-corrected chi connectivity index (χ1v) is 6.62. The van der Waals surface area contributed by atoms with Gasteiger partial charge in [0, 0.05) is 6.20 Å². The van der Waals surface area contributed by atoms with Crippen molar-refractivity contribution >= 4 is 0 Å². The van der Waals surface area contributed by atoms with Gasteiger partial charge in [0.1, 0.15) is 5.41 Å². The molecule has 0 bridgehead atoms. The largest absolute Gasteiger partial charge is 0.260 e. The molecule has 2 heteroatoms. The summed E-state index contributed by atoms with van der Waals surface area (Å²) in [5.41, 5.74) is 1.18. The van der Waals surface area contributed by atoms with Crippen LogP contribution in [0.4, 0.5) is 0 Å². The lowest BCUT2D eigenvalue weighted by atomic mass is 9.48. The van der Waals surface area contributed by atoms with E-state index in [0.29, 0.717) is 5.41 Å². The minimum atomic E-state index is -0.279. The maximum atomic E-state index is 9.51. The maximum Gasteiger partial charge on any atom is 0.100 e. The van der Waals surface area contributed by atoms with Crippen LogP contribution in [0.25, 0.3) is 0 Å². The van der Waals surface area contributed by atoms with Gasteiger partial charge in [0.25, 0.3) is 0 Å². The van der Waals surface area contributed by atoms with Crippen molar-refractivity contribution in [2.24, 2.45) is 5.41 Å². The van der Waals surface area contributed by atoms with E-state index in [2.05, 4.69) is 11.1 Å². The van der Waals surface area contributed by atoms with Gasteiger partial charge in [-0.3, -0.25) is 4.98 Å². The Morgan fingerprint density at radius 3 is 2.47 bits per heavy atom. The lowest BCUT2D eigenvalue weighted by Crippen LogP contribution is -2.50. The molecule has 2 aliphatic rings. The summed E-state index contributed by atoms with van der Waals surface area (Å²) in [6.45, 7) is 0. The molecular weight excluding hydrogens is 208 g/mol. The minimum absolute atomic E-state index is 0.279. The maximum absolute atomic E-state index is 9.51. The first kappa shape index (κ1) is 10.8. The first-order valence-electron chi connectivity index (χ1n) is 6.62. The standard InChI is InChI=1S/C15H18N2/c16-12-15(13-6-2-5-9-17-13)10-14(11-15)7-3-1-4-8-14/h2,5-6,9H,1,3-4,7-8,10-11H2. The van der Waals surface area contributed by atoms with Gasteiger partial charge in [0.2, 0.25) is 0 Å². The highest BCUT2D eigenvalue weighted by molar-refractivity contribution is 5.33. The molecule has 0 aromatic carbocycles. The van der Waals surface area contributed by atoms with Gasteiger partial charge in [-0.2, -0.15) is 5.26 Å². The average Bonchev–Trinajstić information content (AvgIpc) is 2.37. The van der Waals surface area contributed by atoms with E-state index < -0.39 is 0 Å². The van der Waals surface area contributed by atoms with Crippen LogP contribution in [0.3, 0.4) is 0 Å². The molecule has 2 aliphatic carbocycles. The number of nitrogens with zero attached hydrogens (tertiary/aromatic N) is 2. The molecule has 17 heavy (non-hydrogen) atoms. The van der Waals surface area contributed by atoms with E-state index in [9.17, 15) is 5.26 Å². The molecule has 1 spiro atoms. The van der Waals surface area contributed by atoms with Crippen molar-refractivity contribution in [3.05, 3.63) is 30.1 Å². The Kier molecular flexibility index (Phi) is 2.43. The summed E-state index contributed by atoms with van der Waals surface area (Å²) >= 11 is 0. The second-order valence-electron chi connectivity index (χ2n) is 5.82. The zero-order chi connectivity index (χ0) is 11.8. The molecule has 0 saturated heterocycles. The summed E-state index contributed by atoms with van der Waals surface area (Å²) in [6.07, 6.45) is 10.6. The summed E-state index contributed by atoms with van der Waals surface area (Å²) in [5, 5.41) is 9.51. The molecule has 3 rings (SSSR count). The highest BCUT2D eigenvalue weighted by atomic mass is 14.7. The Balaban J connectivity index is 1.82. The van der Waals surface area contributed by atoms with Crippen LogP contribution in [-0.4, -0.2) is 4.98 Å². The van der Waals surface area contributed by atoms with Crippen molar-refractivity contribution in [3.63, 3.8) is 0 Å². The normalized spacial score (nSPS) is 24.9. The second-order valence-corrected chi connectivity index (χ2v) is 5.82. The summed E-state index contributed by atoms with van der Waals surface area (Å²) in [6, 6.07) is 8.47. The van der Waals surface area contributed by atoms with E-state index in [-0.39, 0.29) is 5.41 Å². The van der Waals surface area contributed by atoms with Crippen LogP contribution < -0.4 is 0 Å². The molecule has 0 radical (unpaired) electrons. The van der Waals surface area contributed by atoms with Crippen molar-refractivity contribution in [3.8, 4) is 6.07 Å². The van der Waals surface area contributed by atoms with Gasteiger partial charge >= 0.3 is 0 Å². The van der Waals surface area contributed by atoms with Gasteiger partial charge < -0.3 is 0 Å². The molecule has 1 aromatic heterocycles. The predicted octanol–water partition coefficient (Wildman–Crippen LogP) is 3.59. The number of pyridine rings is 1. The van der Waals surface area contributed by atoms with Crippen LogP contribution in [0.2, 0.25) is 0 Å². The second kappa shape index (κ2) is 3.84. The molecule has 0 aliphatic heterocycles. The minimum Gasteiger partial charge on any atom is -0.260 e. The number of aromatic nitrogens is 1. The van der Waals surface area contributed by atoms with E-state index in [4.69, 9.17) is 0 Å². The Hall–Kier alpha value is -1.36. The van der Waals surface area contributed by atoms with Crippen molar-refractivity contribution in [1.29, 1.82) is 5.26 Å². The third-order valence-corrected chi connectivity index (χ3v) is 4.64. The van der Waals surface area contributed by atoms with E-state index in [1.54, 1.807) is 6.20 Å². The SMILES string of the molecule is N#CC1(c2ccccn2)CC2(CCCCC2)C1. The van der Waals surface area contributed by atoms with Gasteiger partial charge in [0.05, 0.1) is 11.8 Å². The van der Waals surface area contributed by atoms with Gasteiger partial charge in [-0.1, -0.05) is 25.3 Å². The Labute approximate surface area is 103 Å². The number of nitriles is 1. The summed E-state index contributed by atoms with van der Waals surface area (Å²) in [4.78, 5) is 4.40. The van der Waals surface area contributed by atoms with E-state index in [1.165, 1.54) is 32.1 Å². The highest BCUT2D eigenvalue weighted by Crippen LogP contribution is 2.61. The van der Waals surface area contributed by atoms with Crippen LogP contribution >= 0.6 is 0 Å². The van der Waals surface area contributed by atoms with Crippen molar-refractivity contribution in [2.45, 2.75) is 50.4 Å². The first-order chi connectivity index (χ1) is 8.29. The third kappa shape index (κ3) is 1.65. The molecule has 1 aromatic rings. The summed E-state index contributed by atoms with van der Waals surface area (Å²) < 4.78 is 0. The molecule has 2 saturated carbocycles. The lowest BCUT2D eigenvalue weighted by molar-refractivity contribution is 0.0148. The Bertz CT molecular complexity index is 430. The molecule has 0 amide bonds. The fraction of sp³-hybridized carbons (Fsp3) is 0.600. The van der Waals surface area contributed by atoms with Gasteiger partial charge in [-0.05, 0) is 43.2 Å². The molecule has 1 heterocycles. The van der Waals surface area contributed by atoms with Crippen molar-refractivity contribution in [2.75, 3.05) is 0 Å². The molecule has 2 fully saturated rings. The number of hydrogen-bond donors (Lipinski definition) is 0. The smallest absolute Gasteiger partial charge is 0.100 e.